The number of rotatable bonds is 17. The Kier molecular flexibility index (Phi) is 12.6. The first-order valence-electron chi connectivity index (χ1n) is 10.6. The topological polar surface area (TPSA) is 86.6 Å². The van der Waals surface area contributed by atoms with E-state index in [4.69, 9.17) is 5.11 Å². The largest absolute Gasteiger partial charge is 0.480 e. The van der Waals surface area contributed by atoms with Gasteiger partial charge in [-0.2, -0.15) is 0 Å². The van der Waals surface area contributed by atoms with Crippen molar-refractivity contribution in [1.29, 1.82) is 0 Å². The Morgan fingerprint density at radius 3 is 1.78 bits per heavy atom. The van der Waals surface area contributed by atoms with Crippen LogP contribution < -0.4 is 5.32 Å². The van der Waals surface area contributed by atoms with Crippen LogP contribution in [0.4, 0.5) is 0 Å². The van der Waals surface area contributed by atoms with Crippen LogP contribution in [-0.2, 0) is 9.59 Å². The van der Waals surface area contributed by atoms with E-state index in [2.05, 4.69) is 19.2 Å². The molecule has 0 rings (SSSR count). The zero-order valence-electron chi connectivity index (χ0n) is 18.2. The molecule has 0 saturated carbocycles. The van der Waals surface area contributed by atoms with E-state index in [-0.39, 0.29) is 17.1 Å². The molecule has 0 aliphatic carbocycles. The molecule has 2 unspecified atom stereocenters. The Morgan fingerprint density at radius 1 is 0.926 bits per heavy atom. The minimum Gasteiger partial charge on any atom is -0.480 e. The summed E-state index contributed by atoms with van der Waals surface area (Å²) in [6.45, 7) is 5.50. The smallest absolute Gasteiger partial charge is 0.381 e. The van der Waals surface area contributed by atoms with Crippen molar-refractivity contribution in [1.82, 2.24) is 5.32 Å². The van der Waals surface area contributed by atoms with Gasteiger partial charge in [-0.3, -0.25) is 9.28 Å². The summed E-state index contributed by atoms with van der Waals surface area (Å²) in [5.41, 5.74) is -1.34. The number of likely N-dealkylation sites (N-methyl/N-ethyl adjacent to an activating group) is 1. The Hall–Kier alpha value is -1.14. The average molecular weight is 388 g/mol. The second-order valence-electron chi connectivity index (χ2n) is 8.48. The minimum atomic E-state index is -1.34. The van der Waals surface area contributed by atoms with Crippen molar-refractivity contribution in [2.24, 2.45) is 0 Å². The van der Waals surface area contributed by atoms with Crippen molar-refractivity contribution in [3.8, 4) is 0 Å². The first-order chi connectivity index (χ1) is 12.6. The number of aliphatic carboxylic acids is 2. The van der Waals surface area contributed by atoms with Gasteiger partial charge in [-0.25, -0.2) is 10.1 Å². The molecule has 0 aromatic rings. The Bertz CT molecular complexity index is 440. The van der Waals surface area contributed by atoms with Crippen molar-refractivity contribution in [3.63, 3.8) is 0 Å². The molecule has 0 aliphatic rings. The number of quaternary nitrogens is 1. The number of hydrogen-bond donors (Lipinski definition) is 3. The zero-order valence-corrected chi connectivity index (χ0v) is 18.2. The van der Waals surface area contributed by atoms with Crippen LogP contribution in [0.3, 0.4) is 0 Å². The summed E-state index contributed by atoms with van der Waals surface area (Å²) in [5, 5.41) is 21.3. The Balaban J connectivity index is 4.27. The van der Waals surface area contributed by atoms with Crippen LogP contribution in [0.5, 0.6) is 0 Å². The molecule has 0 bridgehead atoms. The lowest BCUT2D eigenvalue weighted by atomic mass is 9.99. The highest BCUT2D eigenvalue weighted by Gasteiger charge is 2.51. The van der Waals surface area contributed by atoms with Crippen molar-refractivity contribution in [3.05, 3.63) is 0 Å². The number of unbranched alkanes of at least 4 members (excludes halogenated alkanes) is 9. The number of nitrogens with zero attached hydrogens (tertiary/aromatic N) is 1. The summed E-state index contributed by atoms with van der Waals surface area (Å²) in [6, 6.07) is 0.112. The average Bonchev–Trinajstić information content (AvgIpc) is 2.60. The van der Waals surface area contributed by atoms with Gasteiger partial charge >= 0.3 is 11.9 Å². The summed E-state index contributed by atoms with van der Waals surface area (Å²) in [6.07, 6.45) is 13.7. The first-order valence-corrected chi connectivity index (χ1v) is 10.6. The molecule has 6 nitrogen and oxygen atoms in total. The van der Waals surface area contributed by atoms with Gasteiger partial charge in [0, 0.05) is 6.92 Å². The molecule has 0 aliphatic heterocycles. The van der Waals surface area contributed by atoms with Gasteiger partial charge in [0.25, 0.3) is 0 Å². The van der Waals surface area contributed by atoms with Crippen molar-refractivity contribution in [2.75, 3.05) is 20.6 Å². The van der Waals surface area contributed by atoms with Gasteiger partial charge in [0.05, 0.1) is 26.7 Å². The number of nitrogens with one attached hydrogen (secondary N) is 1. The lowest BCUT2D eigenvalue weighted by molar-refractivity contribution is -0.955. The molecule has 3 N–H and O–H groups in total. The monoisotopic (exact) mass is 387 g/mol. The van der Waals surface area contributed by atoms with E-state index in [1.165, 1.54) is 57.8 Å². The van der Waals surface area contributed by atoms with E-state index >= 15 is 0 Å². The van der Waals surface area contributed by atoms with Crippen LogP contribution in [0.15, 0.2) is 0 Å². The molecule has 0 spiro atoms. The third kappa shape index (κ3) is 9.06. The number of carboxylic acids is 2. The highest BCUT2D eigenvalue weighted by Crippen LogP contribution is 2.26. The van der Waals surface area contributed by atoms with E-state index in [0.717, 1.165) is 12.8 Å². The van der Waals surface area contributed by atoms with Crippen molar-refractivity contribution < 1.29 is 24.3 Å². The summed E-state index contributed by atoms with van der Waals surface area (Å²) >= 11 is 0. The zero-order chi connectivity index (χ0) is 20.9. The first kappa shape index (κ1) is 25.9. The highest BCUT2D eigenvalue weighted by molar-refractivity contribution is 5.77. The molecular weight excluding hydrogens is 344 g/mol. The maximum absolute atomic E-state index is 11.9. The molecule has 27 heavy (non-hydrogen) atoms. The Morgan fingerprint density at radius 2 is 1.37 bits per heavy atom. The number of carbonyl (C=O) groups is 2. The van der Waals surface area contributed by atoms with E-state index < -0.39 is 17.6 Å². The van der Waals surface area contributed by atoms with Gasteiger partial charge in [0.1, 0.15) is 0 Å². The van der Waals surface area contributed by atoms with E-state index in [1.807, 2.05) is 14.1 Å². The van der Waals surface area contributed by atoms with Gasteiger partial charge in [-0.05, 0) is 19.8 Å². The standard InChI is InChI=1S/C21H42N2O4/c1-6-7-8-9-10-11-12-13-14-15-16-18(2)23(4,5)21(3,20(26)27)22-17-19(24)25/h18,22H,6-17H2,1-5H3,(H-,24,25,26,27)/p+1. The lowest BCUT2D eigenvalue weighted by Crippen LogP contribution is -2.73. The van der Waals surface area contributed by atoms with Gasteiger partial charge in [-0.1, -0.05) is 64.7 Å². The maximum Gasteiger partial charge on any atom is 0.381 e. The molecule has 0 saturated heterocycles. The molecule has 0 aromatic carbocycles. The fourth-order valence-electron chi connectivity index (χ4n) is 3.46. The van der Waals surface area contributed by atoms with Crippen molar-refractivity contribution in [2.45, 2.75) is 103 Å². The molecule has 0 aromatic heterocycles. The molecule has 6 heteroatoms. The fourth-order valence-corrected chi connectivity index (χ4v) is 3.46. The molecule has 2 atom stereocenters. The van der Waals surface area contributed by atoms with E-state index in [9.17, 15) is 14.7 Å². The normalized spacial score (nSPS) is 15.3. The maximum atomic E-state index is 11.9. The molecular formula is C21H43N2O4+. The molecule has 160 valence electrons. The van der Waals surface area contributed by atoms with E-state index in [0.29, 0.717) is 0 Å². The van der Waals surface area contributed by atoms with Gasteiger partial charge < -0.3 is 10.2 Å². The van der Waals surface area contributed by atoms with Crippen LogP contribution in [0.1, 0.15) is 91.4 Å². The summed E-state index contributed by atoms with van der Waals surface area (Å²) in [5.74, 6) is -2.08. The molecule has 0 fully saturated rings. The second-order valence-corrected chi connectivity index (χ2v) is 8.48. The van der Waals surface area contributed by atoms with Crippen LogP contribution in [0.25, 0.3) is 0 Å². The lowest BCUT2D eigenvalue weighted by Gasteiger charge is -2.47. The van der Waals surface area contributed by atoms with Crippen LogP contribution in [0, 0.1) is 0 Å². The summed E-state index contributed by atoms with van der Waals surface area (Å²) < 4.78 is 0.201. The minimum absolute atomic E-state index is 0.112. The quantitative estimate of drug-likeness (QED) is 0.197. The number of carboxylic acid groups (broad SMARTS) is 2. The van der Waals surface area contributed by atoms with Gasteiger partial charge in [0.15, 0.2) is 0 Å². The third-order valence-corrected chi connectivity index (χ3v) is 6.23. The van der Waals surface area contributed by atoms with Crippen LogP contribution in [0.2, 0.25) is 0 Å². The Labute approximate surface area is 165 Å². The second kappa shape index (κ2) is 13.1. The summed E-state index contributed by atoms with van der Waals surface area (Å²) in [4.78, 5) is 22.7. The number of hydrogen-bond acceptors (Lipinski definition) is 3. The predicted molar refractivity (Wildman–Crippen MR) is 110 cm³/mol. The molecule has 0 heterocycles. The third-order valence-electron chi connectivity index (χ3n) is 6.23. The van der Waals surface area contributed by atoms with Crippen LogP contribution >= 0.6 is 0 Å². The highest BCUT2D eigenvalue weighted by atomic mass is 16.4. The fraction of sp³-hybridized carbons (Fsp3) is 0.905. The van der Waals surface area contributed by atoms with Crippen molar-refractivity contribution >= 4 is 11.9 Å². The van der Waals surface area contributed by atoms with Crippen LogP contribution in [-0.4, -0.2) is 59.0 Å². The SMILES string of the molecule is CCCCCCCCCCCCC(C)[N+](C)(C)C(C)(NCC(=O)O)C(=O)O. The summed E-state index contributed by atoms with van der Waals surface area (Å²) in [7, 11) is 3.73. The van der Waals surface area contributed by atoms with E-state index in [1.54, 1.807) is 6.92 Å². The predicted octanol–water partition coefficient (Wildman–Crippen LogP) is 4.24. The molecule has 0 radical (unpaired) electrons. The molecule has 0 amide bonds. The van der Waals surface area contributed by atoms with Gasteiger partial charge in [0.2, 0.25) is 5.66 Å². The van der Waals surface area contributed by atoms with Gasteiger partial charge in [-0.15, -0.1) is 0 Å².